The van der Waals surface area contributed by atoms with E-state index in [-0.39, 0.29) is 0 Å². The average Bonchev–Trinajstić information content (AvgIpc) is 2.21. The summed E-state index contributed by atoms with van der Waals surface area (Å²) < 4.78 is 0. The standard InChI is InChI=1S/C11H13N/c1-2-5-10(6-3-1)11-7-4-8-12-9-11/h1-2,5,7,9H,3-4,6,8H2. The molecule has 1 aliphatic heterocycles. The first-order valence-electron chi connectivity index (χ1n) is 4.53. The topological polar surface area (TPSA) is 12.4 Å². The van der Waals surface area contributed by atoms with E-state index in [1.807, 2.05) is 6.21 Å². The minimum Gasteiger partial charge on any atom is -0.292 e. The van der Waals surface area contributed by atoms with Gasteiger partial charge in [-0.1, -0.05) is 24.3 Å². The minimum atomic E-state index is 0.965. The van der Waals surface area contributed by atoms with Crippen molar-refractivity contribution in [3.8, 4) is 0 Å². The lowest BCUT2D eigenvalue weighted by Crippen LogP contribution is -1.99. The highest BCUT2D eigenvalue weighted by atomic mass is 14.7. The molecule has 2 aliphatic rings. The van der Waals surface area contributed by atoms with Gasteiger partial charge in [0.1, 0.15) is 0 Å². The van der Waals surface area contributed by atoms with Crippen molar-refractivity contribution >= 4 is 6.21 Å². The molecule has 0 N–H and O–H groups in total. The summed E-state index contributed by atoms with van der Waals surface area (Å²) in [5, 5.41) is 0. The minimum absolute atomic E-state index is 0.965. The zero-order chi connectivity index (χ0) is 8.23. The Balaban J connectivity index is 2.17. The maximum atomic E-state index is 4.28. The fourth-order valence-electron chi connectivity index (χ4n) is 1.57. The Morgan fingerprint density at radius 1 is 1.25 bits per heavy atom. The SMILES string of the molecule is C1=CCCC(C2=CCCN=C2)=C1. The predicted molar refractivity (Wildman–Crippen MR) is 52.5 cm³/mol. The number of nitrogens with zero attached hydrogens (tertiary/aromatic N) is 1. The van der Waals surface area contributed by atoms with Crippen LogP contribution < -0.4 is 0 Å². The molecule has 0 unspecified atom stereocenters. The van der Waals surface area contributed by atoms with Crippen LogP contribution in [0.4, 0.5) is 0 Å². The second kappa shape index (κ2) is 3.53. The predicted octanol–water partition coefficient (Wildman–Crippen LogP) is 2.66. The largest absolute Gasteiger partial charge is 0.292 e. The molecule has 0 saturated heterocycles. The highest BCUT2D eigenvalue weighted by Gasteiger charge is 2.05. The third-order valence-electron chi connectivity index (χ3n) is 2.24. The van der Waals surface area contributed by atoms with E-state index >= 15 is 0 Å². The monoisotopic (exact) mass is 159 g/mol. The van der Waals surface area contributed by atoms with Crippen molar-refractivity contribution in [1.82, 2.24) is 0 Å². The Morgan fingerprint density at radius 3 is 2.92 bits per heavy atom. The van der Waals surface area contributed by atoms with Gasteiger partial charge in [0, 0.05) is 12.8 Å². The van der Waals surface area contributed by atoms with Crippen LogP contribution in [0.3, 0.4) is 0 Å². The Bertz CT molecular complexity index is 279. The fourth-order valence-corrected chi connectivity index (χ4v) is 1.57. The number of hydrogen-bond acceptors (Lipinski definition) is 1. The lowest BCUT2D eigenvalue weighted by molar-refractivity contribution is 0.950. The summed E-state index contributed by atoms with van der Waals surface area (Å²) in [7, 11) is 0. The van der Waals surface area contributed by atoms with Crippen molar-refractivity contribution in [3.63, 3.8) is 0 Å². The van der Waals surface area contributed by atoms with E-state index in [4.69, 9.17) is 0 Å². The van der Waals surface area contributed by atoms with Gasteiger partial charge in [0.25, 0.3) is 0 Å². The molecule has 0 radical (unpaired) electrons. The van der Waals surface area contributed by atoms with Gasteiger partial charge in [0.15, 0.2) is 0 Å². The Morgan fingerprint density at radius 2 is 2.25 bits per heavy atom. The van der Waals surface area contributed by atoms with E-state index in [1.54, 1.807) is 0 Å². The summed E-state index contributed by atoms with van der Waals surface area (Å²) in [6.07, 6.45) is 14.3. The van der Waals surface area contributed by atoms with Crippen LogP contribution in [0.2, 0.25) is 0 Å². The molecule has 0 amide bonds. The molecular weight excluding hydrogens is 146 g/mol. The average molecular weight is 159 g/mol. The lowest BCUT2D eigenvalue weighted by atomic mass is 9.96. The highest BCUT2D eigenvalue weighted by Crippen LogP contribution is 2.20. The molecule has 0 aromatic carbocycles. The van der Waals surface area contributed by atoms with Crippen molar-refractivity contribution < 1.29 is 0 Å². The van der Waals surface area contributed by atoms with Crippen LogP contribution >= 0.6 is 0 Å². The molecule has 1 heterocycles. The highest BCUT2D eigenvalue weighted by molar-refractivity contribution is 5.85. The lowest BCUT2D eigenvalue weighted by Gasteiger charge is -2.11. The van der Waals surface area contributed by atoms with E-state index < -0.39 is 0 Å². The fraction of sp³-hybridized carbons (Fsp3) is 0.364. The van der Waals surface area contributed by atoms with Gasteiger partial charge in [-0.2, -0.15) is 0 Å². The van der Waals surface area contributed by atoms with Crippen molar-refractivity contribution in [2.75, 3.05) is 6.54 Å². The van der Waals surface area contributed by atoms with Gasteiger partial charge in [0.05, 0.1) is 0 Å². The second-order valence-electron chi connectivity index (χ2n) is 3.14. The van der Waals surface area contributed by atoms with Gasteiger partial charge in [0.2, 0.25) is 0 Å². The molecule has 1 aliphatic carbocycles. The molecule has 62 valence electrons. The maximum Gasteiger partial charge on any atom is 0.0424 e. The van der Waals surface area contributed by atoms with Gasteiger partial charge in [-0.3, -0.25) is 4.99 Å². The quantitative estimate of drug-likeness (QED) is 0.557. The van der Waals surface area contributed by atoms with E-state index in [9.17, 15) is 0 Å². The summed E-state index contributed by atoms with van der Waals surface area (Å²) in [5.41, 5.74) is 2.78. The molecular formula is C11H13N. The molecule has 0 aromatic rings. The molecule has 0 saturated carbocycles. The number of rotatable bonds is 1. The van der Waals surface area contributed by atoms with E-state index in [2.05, 4.69) is 29.3 Å². The number of hydrogen-bond donors (Lipinski definition) is 0. The smallest absolute Gasteiger partial charge is 0.0424 e. The first kappa shape index (κ1) is 7.53. The van der Waals surface area contributed by atoms with E-state index in [1.165, 1.54) is 24.0 Å². The molecule has 2 rings (SSSR count). The van der Waals surface area contributed by atoms with Crippen LogP contribution in [0.5, 0.6) is 0 Å². The number of allylic oxidation sites excluding steroid dienone is 5. The van der Waals surface area contributed by atoms with Crippen LogP contribution in [-0.2, 0) is 0 Å². The molecule has 1 heteroatoms. The van der Waals surface area contributed by atoms with Gasteiger partial charge in [-0.15, -0.1) is 0 Å². The van der Waals surface area contributed by atoms with Crippen LogP contribution in [0.25, 0.3) is 0 Å². The molecule has 1 nitrogen and oxygen atoms in total. The third-order valence-corrected chi connectivity index (χ3v) is 2.24. The van der Waals surface area contributed by atoms with Crippen LogP contribution in [0, 0.1) is 0 Å². The summed E-state index contributed by atoms with van der Waals surface area (Å²) >= 11 is 0. The molecule has 12 heavy (non-hydrogen) atoms. The van der Waals surface area contributed by atoms with Crippen molar-refractivity contribution in [3.05, 3.63) is 35.5 Å². The Labute approximate surface area is 73.2 Å². The molecule has 0 aromatic heterocycles. The van der Waals surface area contributed by atoms with Gasteiger partial charge in [-0.25, -0.2) is 0 Å². The van der Waals surface area contributed by atoms with Gasteiger partial charge < -0.3 is 0 Å². The first-order valence-corrected chi connectivity index (χ1v) is 4.53. The van der Waals surface area contributed by atoms with Crippen LogP contribution in [0.15, 0.2) is 40.4 Å². The zero-order valence-corrected chi connectivity index (χ0v) is 7.16. The zero-order valence-electron chi connectivity index (χ0n) is 7.16. The van der Waals surface area contributed by atoms with Crippen molar-refractivity contribution in [1.29, 1.82) is 0 Å². The third kappa shape index (κ3) is 1.55. The van der Waals surface area contributed by atoms with Gasteiger partial charge >= 0.3 is 0 Å². The summed E-state index contributed by atoms with van der Waals surface area (Å²) in [4.78, 5) is 4.28. The molecule has 0 spiro atoms. The number of dihydropyridines is 1. The van der Waals surface area contributed by atoms with Gasteiger partial charge in [-0.05, 0) is 30.4 Å². The maximum absolute atomic E-state index is 4.28. The molecule has 0 bridgehead atoms. The first-order chi connectivity index (χ1) is 5.97. The van der Waals surface area contributed by atoms with Crippen LogP contribution in [-0.4, -0.2) is 12.8 Å². The summed E-state index contributed by atoms with van der Waals surface area (Å²) in [6.45, 7) is 0.965. The molecule has 0 atom stereocenters. The number of aliphatic imine (C=N–C) groups is 1. The van der Waals surface area contributed by atoms with E-state index in [0.29, 0.717) is 0 Å². The van der Waals surface area contributed by atoms with Crippen LogP contribution in [0.1, 0.15) is 19.3 Å². The molecule has 0 fully saturated rings. The Hall–Kier alpha value is -1.11. The summed E-state index contributed by atoms with van der Waals surface area (Å²) in [5.74, 6) is 0. The van der Waals surface area contributed by atoms with Crippen molar-refractivity contribution in [2.45, 2.75) is 19.3 Å². The summed E-state index contributed by atoms with van der Waals surface area (Å²) in [6, 6.07) is 0. The van der Waals surface area contributed by atoms with Crippen molar-refractivity contribution in [2.24, 2.45) is 4.99 Å². The van der Waals surface area contributed by atoms with E-state index in [0.717, 1.165) is 13.0 Å². The Kier molecular flexibility index (Phi) is 2.21. The normalized spacial score (nSPS) is 22.0. The second-order valence-corrected chi connectivity index (χ2v) is 3.14.